The number of carbonyl (C=O) groups is 1. The first kappa shape index (κ1) is 18.0. The average molecular weight is 334 g/mol. The summed E-state index contributed by atoms with van der Waals surface area (Å²) in [5, 5.41) is 6.15. The second kappa shape index (κ2) is 8.44. The van der Waals surface area contributed by atoms with Gasteiger partial charge in [0.2, 0.25) is 0 Å². The number of likely N-dealkylation sites (tertiary alicyclic amines) is 1. The normalized spacial score (nSPS) is 18.5. The Morgan fingerprint density at radius 2 is 1.90 bits per heavy atom. The van der Waals surface area contributed by atoms with Gasteiger partial charge in [0, 0.05) is 32.2 Å². The number of hydrogen-bond acceptors (Lipinski definition) is 4. The molecule has 2 heterocycles. The Balaban J connectivity index is 0.00000110. The number of ether oxygens (including phenoxy) is 1. The zero-order chi connectivity index (χ0) is 13.1. The van der Waals surface area contributed by atoms with Gasteiger partial charge in [-0.15, -0.1) is 24.8 Å². The summed E-state index contributed by atoms with van der Waals surface area (Å²) in [6.45, 7) is 4.35. The Bertz CT molecular complexity index is 437. The molecule has 2 fully saturated rings. The van der Waals surface area contributed by atoms with Crippen LogP contribution < -0.4 is 10.6 Å². The number of carbonyl (C=O) groups excluding carboxylic acids is 1. The molecule has 2 aliphatic rings. The molecule has 3 rings (SSSR count). The van der Waals surface area contributed by atoms with E-state index in [4.69, 9.17) is 4.74 Å². The van der Waals surface area contributed by atoms with Gasteiger partial charge in [0.05, 0.1) is 6.04 Å². The molecule has 7 heteroatoms. The molecule has 21 heavy (non-hydrogen) atoms. The molecule has 2 N–H and O–H groups in total. The molecule has 0 radical (unpaired) electrons. The molecule has 118 valence electrons. The SMILES string of the molecule is Cl.Cl.O=C(NC1CN(C2CNC2)C1)OCc1ccccc1. The van der Waals surface area contributed by atoms with Gasteiger partial charge in [-0.05, 0) is 5.56 Å². The van der Waals surface area contributed by atoms with E-state index in [0.717, 1.165) is 31.7 Å². The highest BCUT2D eigenvalue weighted by atomic mass is 35.5. The first-order valence-electron chi connectivity index (χ1n) is 6.73. The topological polar surface area (TPSA) is 53.6 Å². The first-order chi connectivity index (χ1) is 9.31. The van der Waals surface area contributed by atoms with Gasteiger partial charge in [-0.2, -0.15) is 0 Å². The van der Waals surface area contributed by atoms with Gasteiger partial charge in [-0.25, -0.2) is 4.79 Å². The molecular formula is C14H21Cl2N3O2. The van der Waals surface area contributed by atoms with Gasteiger partial charge < -0.3 is 15.4 Å². The lowest BCUT2D eigenvalue weighted by Gasteiger charge is -2.47. The van der Waals surface area contributed by atoms with Crippen LogP contribution in [-0.4, -0.2) is 49.3 Å². The molecule has 2 saturated heterocycles. The molecule has 5 nitrogen and oxygen atoms in total. The molecule has 0 saturated carbocycles. The van der Waals surface area contributed by atoms with Crippen molar-refractivity contribution in [3.8, 4) is 0 Å². The molecule has 0 aromatic heterocycles. The molecule has 1 aromatic rings. The lowest BCUT2D eigenvalue weighted by molar-refractivity contribution is 0.0446. The van der Waals surface area contributed by atoms with Crippen molar-refractivity contribution in [2.24, 2.45) is 0 Å². The van der Waals surface area contributed by atoms with E-state index in [9.17, 15) is 4.79 Å². The quantitative estimate of drug-likeness (QED) is 0.874. The third-order valence-corrected chi connectivity index (χ3v) is 3.72. The maximum absolute atomic E-state index is 11.6. The molecule has 0 unspecified atom stereocenters. The zero-order valence-electron chi connectivity index (χ0n) is 11.7. The fourth-order valence-electron chi connectivity index (χ4n) is 2.37. The van der Waals surface area contributed by atoms with Crippen LogP contribution in [0.2, 0.25) is 0 Å². The summed E-state index contributed by atoms with van der Waals surface area (Å²) in [6.07, 6.45) is -0.319. The van der Waals surface area contributed by atoms with E-state index >= 15 is 0 Å². The maximum Gasteiger partial charge on any atom is 0.407 e. The molecule has 1 aromatic carbocycles. The monoisotopic (exact) mass is 333 g/mol. The van der Waals surface area contributed by atoms with Crippen molar-refractivity contribution in [3.05, 3.63) is 35.9 Å². The van der Waals surface area contributed by atoms with Crippen molar-refractivity contribution in [1.82, 2.24) is 15.5 Å². The third-order valence-electron chi connectivity index (χ3n) is 3.72. The van der Waals surface area contributed by atoms with E-state index in [0.29, 0.717) is 12.6 Å². The minimum Gasteiger partial charge on any atom is -0.445 e. The standard InChI is InChI=1S/C14H19N3O2.2ClH/c18-14(19-10-11-4-2-1-3-5-11)16-12-8-17(9-12)13-6-15-7-13;;/h1-5,12-13,15H,6-10H2,(H,16,18);2*1H. The van der Waals surface area contributed by atoms with Crippen LogP contribution in [0.4, 0.5) is 4.79 Å². The van der Waals surface area contributed by atoms with Crippen LogP contribution in [0.15, 0.2) is 30.3 Å². The van der Waals surface area contributed by atoms with E-state index in [1.54, 1.807) is 0 Å². The number of alkyl carbamates (subject to hydrolysis) is 1. The van der Waals surface area contributed by atoms with Crippen LogP contribution in [0.3, 0.4) is 0 Å². The largest absolute Gasteiger partial charge is 0.445 e. The Labute approximate surface area is 137 Å². The van der Waals surface area contributed by atoms with Crippen molar-refractivity contribution >= 4 is 30.9 Å². The summed E-state index contributed by atoms with van der Waals surface area (Å²) in [6, 6.07) is 10.6. The van der Waals surface area contributed by atoms with E-state index in [1.165, 1.54) is 0 Å². The highest BCUT2D eigenvalue weighted by Gasteiger charge is 2.35. The lowest BCUT2D eigenvalue weighted by atomic mass is 10.0. The molecular weight excluding hydrogens is 313 g/mol. The number of nitrogens with zero attached hydrogens (tertiary/aromatic N) is 1. The van der Waals surface area contributed by atoms with Gasteiger partial charge in [0.25, 0.3) is 0 Å². The van der Waals surface area contributed by atoms with Crippen LogP contribution in [0, 0.1) is 0 Å². The molecule has 0 spiro atoms. The number of benzene rings is 1. The van der Waals surface area contributed by atoms with Crippen molar-refractivity contribution in [1.29, 1.82) is 0 Å². The summed E-state index contributed by atoms with van der Waals surface area (Å²) in [4.78, 5) is 14.0. The Kier molecular flexibility index (Phi) is 7.25. The van der Waals surface area contributed by atoms with Gasteiger partial charge in [0.15, 0.2) is 0 Å². The zero-order valence-corrected chi connectivity index (χ0v) is 13.3. The van der Waals surface area contributed by atoms with Gasteiger partial charge >= 0.3 is 6.09 Å². The molecule has 0 atom stereocenters. The fourth-order valence-corrected chi connectivity index (χ4v) is 2.37. The highest BCUT2D eigenvalue weighted by Crippen LogP contribution is 2.15. The fraction of sp³-hybridized carbons (Fsp3) is 0.500. The van der Waals surface area contributed by atoms with Crippen molar-refractivity contribution in [2.45, 2.75) is 18.7 Å². The minimum absolute atomic E-state index is 0. The molecule has 2 aliphatic heterocycles. The van der Waals surface area contributed by atoms with Crippen LogP contribution >= 0.6 is 24.8 Å². The van der Waals surface area contributed by atoms with E-state index in [-0.39, 0.29) is 36.9 Å². The predicted molar refractivity (Wildman–Crippen MR) is 86.3 cm³/mol. The van der Waals surface area contributed by atoms with E-state index < -0.39 is 0 Å². The van der Waals surface area contributed by atoms with Crippen LogP contribution in [-0.2, 0) is 11.3 Å². The smallest absolute Gasteiger partial charge is 0.407 e. The second-order valence-electron chi connectivity index (χ2n) is 5.17. The van der Waals surface area contributed by atoms with Gasteiger partial charge in [0.1, 0.15) is 6.61 Å². The van der Waals surface area contributed by atoms with Crippen molar-refractivity contribution in [2.75, 3.05) is 26.2 Å². The number of rotatable bonds is 4. The summed E-state index contributed by atoms with van der Waals surface area (Å²) >= 11 is 0. The predicted octanol–water partition coefficient (Wildman–Crippen LogP) is 1.41. The summed E-state index contributed by atoms with van der Waals surface area (Å²) < 4.78 is 5.19. The lowest BCUT2D eigenvalue weighted by Crippen LogP contribution is -2.68. The van der Waals surface area contributed by atoms with Gasteiger partial charge in [-0.1, -0.05) is 30.3 Å². The van der Waals surface area contributed by atoms with Crippen LogP contribution in [0.1, 0.15) is 5.56 Å². The Morgan fingerprint density at radius 1 is 1.24 bits per heavy atom. The first-order valence-corrected chi connectivity index (χ1v) is 6.73. The third kappa shape index (κ3) is 4.74. The Morgan fingerprint density at radius 3 is 2.48 bits per heavy atom. The highest BCUT2D eigenvalue weighted by molar-refractivity contribution is 5.85. The van der Waals surface area contributed by atoms with Crippen LogP contribution in [0.25, 0.3) is 0 Å². The summed E-state index contributed by atoms with van der Waals surface area (Å²) in [7, 11) is 0. The Hall–Kier alpha value is -1.01. The number of nitrogens with one attached hydrogen (secondary N) is 2. The van der Waals surface area contributed by atoms with E-state index in [1.807, 2.05) is 30.3 Å². The van der Waals surface area contributed by atoms with Gasteiger partial charge in [-0.3, -0.25) is 4.90 Å². The summed E-state index contributed by atoms with van der Waals surface area (Å²) in [5.41, 5.74) is 1.01. The second-order valence-corrected chi connectivity index (χ2v) is 5.17. The molecule has 0 aliphatic carbocycles. The van der Waals surface area contributed by atoms with Crippen molar-refractivity contribution < 1.29 is 9.53 Å². The maximum atomic E-state index is 11.6. The minimum atomic E-state index is -0.319. The van der Waals surface area contributed by atoms with E-state index in [2.05, 4.69) is 15.5 Å². The molecule has 1 amide bonds. The van der Waals surface area contributed by atoms with Crippen molar-refractivity contribution in [3.63, 3.8) is 0 Å². The number of amides is 1. The average Bonchev–Trinajstić information content (AvgIpc) is 2.33. The van der Waals surface area contributed by atoms with Crippen LogP contribution in [0.5, 0.6) is 0 Å². The number of halogens is 2. The summed E-state index contributed by atoms with van der Waals surface area (Å²) in [5.74, 6) is 0. The molecule has 0 bridgehead atoms. The number of hydrogen-bond donors (Lipinski definition) is 2.